The summed E-state index contributed by atoms with van der Waals surface area (Å²) < 4.78 is 5.55. The number of rotatable bonds is 2. The minimum atomic E-state index is 0.268. The van der Waals surface area contributed by atoms with Crippen LogP contribution in [0.4, 0.5) is 0 Å². The average molecular weight is 253 g/mol. The van der Waals surface area contributed by atoms with E-state index in [2.05, 4.69) is 48.6 Å². The molecular weight excluding hydrogens is 234 g/mol. The van der Waals surface area contributed by atoms with Gasteiger partial charge in [0.05, 0.1) is 13.2 Å². The lowest BCUT2D eigenvalue weighted by atomic mass is 9.66. The third-order valence-corrected chi connectivity index (χ3v) is 4.85. The number of benzene rings is 2. The normalized spacial score (nSPS) is 21.9. The Kier molecular flexibility index (Phi) is 2.44. The Hall–Kier alpha value is -1.38. The maximum Gasteiger partial charge on any atom is 0.0589 e. The molecule has 2 saturated heterocycles. The molecule has 4 rings (SSSR count). The predicted octanol–water partition coefficient (Wildman–Crippen LogP) is 2.64. The smallest absolute Gasteiger partial charge is 0.0589 e. The van der Waals surface area contributed by atoms with Crippen molar-refractivity contribution < 1.29 is 4.74 Å². The first kappa shape index (κ1) is 11.4. The molecule has 0 spiro atoms. The molecule has 2 aromatic rings. The monoisotopic (exact) mass is 253 g/mol. The molecule has 2 heterocycles. The van der Waals surface area contributed by atoms with Crippen molar-refractivity contribution >= 4 is 10.8 Å². The fourth-order valence-electron chi connectivity index (χ4n) is 3.31. The highest BCUT2D eigenvalue weighted by Gasteiger charge is 2.49. The average Bonchev–Trinajstić information content (AvgIpc) is 2.30. The van der Waals surface area contributed by atoms with Crippen LogP contribution in [0, 0.1) is 12.8 Å². The summed E-state index contributed by atoms with van der Waals surface area (Å²) in [6.07, 6.45) is 0. The molecule has 0 unspecified atom stereocenters. The first-order valence-corrected chi connectivity index (χ1v) is 7.07. The van der Waals surface area contributed by atoms with Crippen molar-refractivity contribution in [2.75, 3.05) is 26.3 Å². The maximum atomic E-state index is 5.55. The summed E-state index contributed by atoms with van der Waals surface area (Å²) in [5.74, 6) is 0.740. The van der Waals surface area contributed by atoms with Gasteiger partial charge in [0.15, 0.2) is 0 Å². The molecule has 2 aliphatic heterocycles. The highest BCUT2D eigenvalue weighted by Crippen LogP contribution is 2.42. The Labute approximate surface area is 113 Å². The minimum absolute atomic E-state index is 0.268. The highest BCUT2D eigenvalue weighted by atomic mass is 16.5. The molecule has 2 fully saturated rings. The van der Waals surface area contributed by atoms with Gasteiger partial charge in [-0.25, -0.2) is 0 Å². The van der Waals surface area contributed by atoms with Crippen molar-refractivity contribution in [3.05, 3.63) is 47.5 Å². The lowest BCUT2D eigenvalue weighted by Crippen LogP contribution is -2.62. The van der Waals surface area contributed by atoms with Crippen LogP contribution in [-0.4, -0.2) is 26.3 Å². The van der Waals surface area contributed by atoms with Crippen LogP contribution >= 0.6 is 0 Å². The van der Waals surface area contributed by atoms with E-state index in [1.165, 1.54) is 21.9 Å². The van der Waals surface area contributed by atoms with E-state index in [1.807, 2.05) is 0 Å². The van der Waals surface area contributed by atoms with Gasteiger partial charge >= 0.3 is 0 Å². The first-order chi connectivity index (χ1) is 9.28. The van der Waals surface area contributed by atoms with Gasteiger partial charge in [-0.2, -0.15) is 0 Å². The summed E-state index contributed by atoms with van der Waals surface area (Å²) in [7, 11) is 0. The fraction of sp³-hybridized carbons (Fsp3) is 0.412. The summed E-state index contributed by atoms with van der Waals surface area (Å²) in [6, 6.07) is 13.6. The van der Waals surface area contributed by atoms with Crippen LogP contribution in [-0.2, 0) is 10.2 Å². The van der Waals surface area contributed by atoms with Crippen LogP contribution in [0.5, 0.6) is 0 Å². The summed E-state index contributed by atoms with van der Waals surface area (Å²) in [5, 5.41) is 6.08. The lowest BCUT2D eigenvalue weighted by Gasteiger charge is -2.51. The van der Waals surface area contributed by atoms with Crippen molar-refractivity contribution in [2.24, 2.45) is 5.92 Å². The number of hydrogen-bond donors (Lipinski definition) is 1. The number of fused-ring (bicyclic) bond motifs is 1. The molecule has 0 atom stereocenters. The van der Waals surface area contributed by atoms with Gasteiger partial charge < -0.3 is 10.1 Å². The number of hydrogen-bond acceptors (Lipinski definition) is 2. The van der Waals surface area contributed by atoms with E-state index in [1.54, 1.807) is 0 Å². The van der Waals surface area contributed by atoms with E-state index in [9.17, 15) is 0 Å². The Morgan fingerprint density at radius 2 is 1.79 bits per heavy atom. The Balaban J connectivity index is 1.80. The zero-order chi connectivity index (χ0) is 12.9. The van der Waals surface area contributed by atoms with Crippen molar-refractivity contribution in [3.63, 3.8) is 0 Å². The summed E-state index contributed by atoms with van der Waals surface area (Å²) in [6.45, 7) is 6.19. The van der Waals surface area contributed by atoms with E-state index in [0.29, 0.717) is 0 Å². The summed E-state index contributed by atoms with van der Waals surface area (Å²) in [5.41, 5.74) is 3.05. The molecule has 2 heteroatoms. The Bertz CT molecular complexity index is 626. The van der Waals surface area contributed by atoms with E-state index < -0.39 is 0 Å². The molecule has 0 aromatic heterocycles. The molecule has 0 amide bonds. The summed E-state index contributed by atoms with van der Waals surface area (Å²) in [4.78, 5) is 0. The number of ether oxygens (including phenoxy) is 1. The van der Waals surface area contributed by atoms with Gasteiger partial charge in [0.1, 0.15) is 0 Å². The minimum Gasteiger partial charge on any atom is -0.379 e. The first-order valence-electron chi connectivity index (χ1n) is 7.07. The van der Waals surface area contributed by atoms with Gasteiger partial charge in [-0.1, -0.05) is 42.0 Å². The van der Waals surface area contributed by atoms with Crippen molar-refractivity contribution in [3.8, 4) is 0 Å². The third-order valence-electron chi connectivity index (χ3n) is 4.85. The largest absolute Gasteiger partial charge is 0.379 e. The lowest BCUT2D eigenvalue weighted by molar-refractivity contribution is -0.101. The number of aryl methyl sites for hydroxylation is 1. The van der Waals surface area contributed by atoms with Crippen LogP contribution in [0.3, 0.4) is 0 Å². The fourth-order valence-corrected chi connectivity index (χ4v) is 3.31. The van der Waals surface area contributed by atoms with Crippen molar-refractivity contribution in [2.45, 2.75) is 12.3 Å². The molecule has 0 radical (unpaired) electrons. The third kappa shape index (κ3) is 1.63. The van der Waals surface area contributed by atoms with Gasteiger partial charge in [0, 0.05) is 18.5 Å². The van der Waals surface area contributed by atoms with E-state index in [0.717, 1.165) is 32.2 Å². The molecule has 0 saturated carbocycles. The van der Waals surface area contributed by atoms with Gasteiger partial charge in [-0.3, -0.25) is 0 Å². The van der Waals surface area contributed by atoms with E-state index >= 15 is 0 Å². The van der Waals surface area contributed by atoms with Crippen LogP contribution in [0.2, 0.25) is 0 Å². The second-order valence-corrected chi connectivity index (χ2v) is 6.07. The molecule has 1 N–H and O–H groups in total. The standard InChI is InChI=1S/C17H19NO/c1-12-2-3-14-7-15(5-4-13(14)6-12)17(10-19-11-17)16-8-18-9-16/h2-7,16,18H,8-11H2,1H3. The highest BCUT2D eigenvalue weighted by molar-refractivity contribution is 5.84. The van der Waals surface area contributed by atoms with E-state index in [-0.39, 0.29) is 5.41 Å². The second kappa shape index (κ2) is 4.06. The van der Waals surface area contributed by atoms with E-state index in [4.69, 9.17) is 4.74 Å². The van der Waals surface area contributed by atoms with Gasteiger partial charge in [-0.05, 0) is 29.2 Å². The zero-order valence-corrected chi connectivity index (χ0v) is 11.3. The van der Waals surface area contributed by atoms with Gasteiger partial charge in [0.25, 0.3) is 0 Å². The molecule has 2 aromatic carbocycles. The summed E-state index contributed by atoms with van der Waals surface area (Å²) >= 11 is 0. The Morgan fingerprint density at radius 1 is 1.05 bits per heavy atom. The van der Waals surface area contributed by atoms with Gasteiger partial charge in [0.2, 0.25) is 0 Å². The molecule has 0 aliphatic carbocycles. The van der Waals surface area contributed by atoms with Crippen LogP contribution in [0.15, 0.2) is 36.4 Å². The van der Waals surface area contributed by atoms with Gasteiger partial charge in [-0.15, -0.1) is 0 Å². The van der Waals surface area contributed by atoms with Crippen LogP contribution in [0.25, 0.3) is 10.8 Å². The quantitative estimate of drug-likeness (QED) is 0.888. The van der Waals surface area contributed by atoms with Crippen LogP contribution in [0.1, 0.15) is 11.1 Å². The number of nitrogens with one attached hydrogen (secondary N) is 1. The molecule has 98 valence electrons. The molecule has 2 nitrogen and oxygen atoms in total. The molecular formula is C17H19NO. The SMILES string of the molecule is Cc1ccc2cc(C3(C4CNC4)COC3)ccc2c1. The zero-order valence-electron chi connectivity index (χ0n) is 11.3. The van der Waals surface area contributed by atoms with Crippen molar-refractivity contribution in [1.82, 2.24) is 5.32 Å². The molecule has 19 heavy (non-hydrogen) atoms. The predicted molar refractivity (Wildman–Crippen MR) is 77.5 cm³/mol. The molecule has 2 aliphatic rings. The van der Waals surface area contributed by atoms with Crippen LogP contribution < -0.4 is 5.32 Å². The topological polar surface area (TPSA) is 21.3 Å². The Morgan fingerprint density at radius 3 is 2.42 bits per heavy atom. The van der Waals surface area contributed by atoms with Crippen molar-refractivity contribution in [1.29, 1.82) is 0 Å². The second-order valence-electron chi connectivity index (χ2n) is 6.07. The molecule has 0 bridgehead atoms. The maximum absolute atomic E-state index is 5.55.